The molecular formula is C18H23FN2OS. The van der Waals surface area contributed by atoms with Crippen LogP contribution in [0, 0.1) is 12.7 Å². The highest BCUT2D eigenvalue weighted by Gasteiger charge is 2.25. The van der Waals surface area contributed by atoms with E-state index in [1.807, 2.05) is 19.9 Å². The molecule has 124 valence electrons. The van der Waals surface area contributed by atoms with Crippen LogP contribution in [0.4, 0.5) is 10.1 Å². The zero-order valence-corrected chi connectivity index (χ0v) is 14.5. The van der Waals surface area contributed by atoms with Gasteiger partial charge in [-0.3, -0.25) is 9.19 Å². The predicted molar refractivity (Wildman–Crippen MR) is 94.8 cm³/mol. The van der Waals surface area contributed by atoms with Gasteiger partial charge >= 0.3 is 0 Å². The summed E-state index contributed by atoms with van der Waals surface area (Å²) in [5, 5.41) is 4.65. The highest BCUT2D eigenvalue weighted by molar-refractivity contribution is 7.85. The summed E-state index contributed by atoms with van der Waals surface area (Å²) in [6.45, 7) is 3.93. The number of hydrogen-bond donors (Lipinski definition) is 1. The lowest BCUT2D eigenvalue weighted by Gasteiger charge is -2.30. The Hall–Kier alpha value is -1.49. The van der Waals surface area contributed by atoms with Crippen LogP contribution in [0.25, 0.3) is 10.9 Å². The number of pyridine rings is 1. The van der Waals surface area contributed by atoms with Gasteiger partial charge in [0.05, 0.1) is 5.52 Å². The van der Waals surface area contributed by atoms with Crippen molar-refractivity contribution in [3.05, 3.63) is 35.8 Å². The summed E-state index contributed by atoms with van der Waals surface area (Å²) >= 11 is 0. The molecule has 1 N–H and O–H groups in total. The minimum Gasteiger partial charge on any atom is -0.382 e. The molecule has 1 aliphatic rings. The Kier molecular flexibility index (Phi) is 4.95. The average molecular weight is 334 g/mol. The molecule has 0 aliphatic heterocycles. The number of rotatable bonds is 4. The van der Waals surface area contributed by atoms with Crippen molar-refractivity contribution in [2.24, 2.45) is 0 Å². The number of anilines is 1. The molecule has 3 unspecified atom stereocenters. The fraction of sp³-hybridized carbons (Fsp3) is 0.500. The Labute approximate surface area is 139 Å². The monoisotopic (exact) mass is 334 g/mol. The second kappa shape index (κ2) is 6.95. The van der Waals surface area contributed by atoms with Crippen molar-refractivity contribution in [1.82, 2.24) is 4.98 Å². The second-order valence-corrected chi connectivity index (χ2v) is 8.28. The van der Waals surface area contributed by atoms with Crippen LogP contribution in [0.1, 0.15) is 38.3 Å². The lowest BCUT2D eigenvalue weighted by molar-refractivity contribution is 0.465. The normalized spacial score (nSPS) is 22.9. The fourth-order valence-electron chi connectivity index (χ4n) is 3.42. The van der Waals surface area contributed by atoms with Gasteiger partial charge in [-0.2, -0.15) is 0 Å². The molecule has 23 heavy (non-hydrogen) atoms. The quantitative estimate of drug-likeness (QED) is 0.912. The van der Waals surface area contributed by atoms with Gasteiger partial charge in [0, 0.05) is 44.6 Å². The first kappa shape index (κ1) is 16.4. The average Bonchev–Trinajstić information content (AvgIpc) is 2.55. The molecule has 3 nitrogen and oxygen atoms in total. The first-order valence-corrected chi connectivity index (χ1v) is 9.65. The molecule has 0 spiro atoms. The summed E-state index contributed by atoms with van der Waals surface area (Å²) in [7, 11) is -0.740. The molecule has 3 rings (SSSR count). The lowest BCUT2D eigenvalue weighted by atomic mass is 9.94. The maximum absolute atomic E-state index is 13.6. The Balaban J connectivity index is 1.86. The molecular weight excluding hydrogens is 311 g/mol. The fourth-order valence-corrected chi connectivity index (χ4v) is 4.77. The van der Waals surface area contributed by atoms with E-state index >= 15 is 0 Å². The summed E-state index contributed by atoms with van der Waals surface area (Å²) in [4.78, 5) is 4.47. The first-order chi connectivity index (χ1) is 11.1. The Bertz CT molecular complexity index is 734. The highest BCUT2D eigenvalue weighted by atomic mass is 32.2. The predicted octanol–water partition coefficient (Wildman–Crippen LogP) is 4.17. The molecule has 3 atom stereocenters. The van der Waals surface area contributed by atoms with E-state index in [0.717, 1.165) is 53.7 Å². The van der Waals surface area contributed by atoms with Gasteiger partial charge in [-0.1, -0.05) is 13.3 Å². The van der Waals surface area contributed by atoms with Crippen LogP contribution in [0.15, 0.2) is 24.3 Å². The molecule has 0 amide bonds. The van der Waals surface area contributed by atoms with Crippen molar-refractivity contribution in [2.45, 2.75) is 50.8 Å². The third kappa shape index (κ3) is 3.71. The largest absolute Gasteiger partial charge is 0.382 e. The number of hydrogen-bond acceptors (Lipinski definition) is 3. The van der Waals surface area contributed by atoms with E-state index in [-0.39, 0.29) is 17.1 Å². The Morgan fingerprint density at radius 3 is 2.96 bits per heavy atom. The van der Waals surface area contributed by atoms with Crippen LogP contribution in [-0.2, 0) is 10.8 Å². The van der Waals surface area contributed by atoms with Gasteiger partial charge in [0.15, 0.2) is 0 Å². The van der Waals surface area contributed by atoms with E-state index in [9.17, 15) is 8.60 Å². The SMILES string of the molecule is CCS(=O)C1CCCC(Nc2cc(C)nc3ccc(F)cc23)C1. The van der Waals surface area contributed by atoms with Gasteiger partial charge in [0.1, 0.15) is 5.82 Å². The molecule has 1 saturated carbocycles. The van der Waals surface area contributed by atoms with E-state index in [1.54, 1.807) is 6.07 Å². The van der Waals surface area contributed by atoms with Crippen LogP contribution < -0.4 is 5.32 Å². The lowest BCUT2D eigenvalue weighted by Crippen LogP contribution is -2.33. The van der Waals surface area contributed by atoms with Crippen LogP contribution in [0.2, 0.25) is 0 Å². The minimum atomic E-state index is -0.740. The number of halogens is 1. The van der Waals surface area contributed by atoms with Crippen LogP contribution in [0.3, 0.4) is 0 Å². The number of aryl methyl sites for hydroxylation is 1. The third-order valence-electron chi connectivity index (χ3n) is 4.54. The van der Waals surface area contributed by atoms with Gasteiger partial charge in [0.25, 0.3) is 0 Å². The van der Waals surface area contributed by atoms with Gasteiger partial charge in [-0.05, 0) is 50.5 Å². The van der Waals surface area contributed by atoms with Crippen LogP contribution in [-0.4, -0.2) is 26.2 Å². The molecule has 1 heterocycles. The summed E-state index contributed by atoms with van der Waals surface area (Å²) in [5.41, 5.74) is 2.65. The summed E-state index contributed by atoms with van der Waals surface area (Å²) in [6.07, 6.45) is 4.11. The molecule has 5 heteroatoms. The summed E-state index contributed by atoms with van der Waals surface area (Å²) in [5.74, 6) is 0.472. The maximum atomic E-state index is 13.6. The van der Waals surface area contributed by atoms with E-state index in [4.69, 9.17) is 0 Å². The van der Waals surface area contributed by atoms with E-state index in [2.05, 4.69) is 10.3 Å². The standard InChI is InChI=1S/C18H23FN2OS/c1-3-23(22)15-6-4-5-14(11-15)21-18-9-12(2)20-17-8-7-13(19)10-16(17)18/h7-10,14-15H,3-6,11H2,1-2H3,(H,20,21). The molecule has 2 aromatic rings. The molecule has 1 aromatic carbocycles. The van der Waals surface area contributed by atoms with Gasteiger partial charge < -0.3 is 5.32 Å². The summed E-state index contributed by atoms with van der Waals surface area (Å²) in [6, 6.07) is 6.96. The zero-order valence-electron chi connectivity index (χ0n) is 13.6. The van der Waals surface area contributed by atoms with Crippen LogP contribution >= 0.6 is 0 Å². The van der Waals surface area contributed by atoms with E-state index in [0.29, 0.717) is 0 Å². The second-order valence-electron chi connectivity index (χ2n) is 6.27. The number of nitrogens with one attached hydrogen (secondary N) is 1. The topological polar surface area (TPSA) is 42.0 Å². The molecule has 1 aliphatic carbocycles. The number of fused-ring (bicyclic) bond motifs is 1. The van der Waals surface area contributed by atoms with Crippen LogP contribution in [0.5, 0.6) is 0 Å². The smallest absolute Gasteiger partial charge is 0.124 e. The van der Waals surface area contributed by atoms with Crippen molar-refractivity contribution in [1.29, 1.82) is 0 Å². The molecule has 1 aromatic heterocycles. The number of aromatic nitrogens is 1. The molecule has 1 fully saturated rings. The molecule has 0 saturated heterocycles. The van der Waals surface area contributed by atoms with E-state index < -0.39 is 10.8 Å². The van der Waals surface area contributed by atoms with Gasteiger partial charge in [0.2, 0.25) is 0 Å². The number of benzene rings is 1. The molecule has 0 radical (unpaired) electrons. The summed E-state index contributed by atoms with van der Waals surface area (Å²) < 4.78 is 25.7. The van der Waals surface area contributed by atoms with Crippen molar-refractivity contribution < 1.29 is 8.60 Å². The Morgan fingerprint density at radius 1 is 1.35 bits per heavy atom. The number of nitrogens with zero attached hydrogens (tertiary/aromatic N) is 1. The van der Waals surface area contributed by atoms with Crippen molar-refractivity contribution in [2.75, 3.05) is 11.1 Å². The van der Waals surface area contributed by atoms with E-state index in [1.165, 1.54) is 12.1 Å². The van der Waals surface area contributed by atoms with Crippen molar-refractivity contribution >= 4 is 27.4 Å². The van der Waals surface area contributed by atoms with Crippen molar-refractivity contribution in [3.8, 4) is 0 Å². The third-order valence-corrected chi connectivity index (χ3v) is 6.28. The Morgan fingerprint density at radius 2 is 2.17 bits per heavy atom. The maximum Gasteiger partial charge on any atom is 0.124 e. The van der Waals surface area contributed by atoms with Gasteiger partial charge in [-0.15, -0.1) is 0 Å². The van der Waals surface area contributed by atoms with Gasteiger partial charge in [-0.25, -0.2) is 4.39 Å². The first-order valence-electron chi connectivity index (χ1n) is 8.27. The zero-order chi connectivity index (χ0) is 16.4. The minimum absolute atomic E-state index is 0.250. The van der Waals surface area contributed by atoms with Crippen molar-refractivity contribution in [3.63, 3.8) is 0 Å². The highest BCUT2D eigenvalue weighted by Crippen LogP contribution is 2.29. The molecule has 0 bridgehead atoms.